The molecule has 1 aromatic carbocycles. The Morgan fingerprint density at radius 2 is 1.07 bits per heavy atom. The zero-order chi connectivity index (χ0) is 21.2. The van der Waals surface area contributed by atoms with E-state index < -0.39 is 70.5 Å². The van der Waals surface area contributed by atoms with Crippen molar-refractivity contribution in [3.8, 4) is 0 Å². The molecule has 0 bridgehead atoms. The van der Waals surface area contributed by atoms with E-state index in [0.717, 1.165) is 0 Å². The van der Waals surface area contributed by atoms with Crippen LogP contribution in [0.15, 0.2) is 6.07 Å². The SMILES string of the molecule is NC(c1c(C(F)(F)F)cc(C(F)(F)F)c(C(F)(F)F)c1C(F)(F)F)C1CC1. The van der Waals surface area contributed by atoms with Crippen molar-refractivity contribution in [3.05, 3.63) is 33.9 Å². The van der Waals surface area contributed by atoms with Gasteiger partial charge in [0.15, 0.2) is 0 Å². The number of nitrogens with two attached hydrogens (primary N) is 1. The lowest BCUT2D eigenvalue weighted by molar-refractivity contribution is -0.177. The molecule has 1 aromatic rings. The quantitative estimate of drug-likeness (QED) is 0.570. The zero-order valence-corrected chi connectivity index (χ0v) is 12.8. The summed E-state index contributed by atoms with van der Waals surface area (Å²) in [7, 11) is 0. The van der Waals surface area contributed by atoms with Gasteiger partial charge in [0, 0.05) is 6.04 Å². The molecule has 2 rings (SSSR count). The first-order valence-corrected chi connectivity index (χ1v) is 7.12. The van der Waals surface area contributed by atoms with Gasteiger partial charge in [-0.25, -0.2) is 0 Å². The van der Waals surface area contributed by atoms with Gasteiger partial charge in [0.2, 0.25) is 0 Å². The van der Waals surface area contributed by atoms with Crippen molar-refractivity contribution in [2.45, 2.75) is 43.6 Å². The minimum atomic E-state index is -6.22. The van der Waals surface area contributed by atoms with Crippen LogP contribution in [0.1, 0.15) is 46.7 Å². The molecule has 13 heteroatoms. The van der Waals surface area contributed by atoms with Gasteiger partial charge in [-0.2, -0.15) is 52.7 Å². The summed E-state index contributed by atoms with van der Waals surface area (Å²) < 4.78 is 158. The van der Waals surface area contributed by atoms with Crippen LogP contribution in [0, 0.1) is 5.92 Å². The topological polar surface area (TPSA) is 26.0 Å². The molecule has 0 aromatic heterocycles. The van der Waals surface area contributed by atoms with E-state index in [0.29, 0.717) is 0 Å². The van der Waals surface area contributed by atoms with Gasteiger partial charge < -0.3 is 5.73 Å². The number of hydrogen-bond acceptors (Lipinski definition) is 1. The van der Waals surface area contributed by atoms with Crippen molar-refractivity contribution in [3.63, 3.8) is 0 Å². The van der Waals surface area contributed by atoms with Gasteiger partial charge in [0.25, 0.3) is 0 Å². The monoisotopic (exact) mass is 419 g/mol. The minimum absolute atomic E-state index is 0.0398. The smallest absolute Gasteiger partial charge is 0.324 e. The summed E-state index contributed by atoms with van der Waals surface area (Å²) in [6.45, 7) is 0. The van der Waals surface area contributed by atoms with Crippen molar-refractivity contribution >= 4 is 0 Å². The van der Waals surface area contributed by atoms with Crippen LogP contribution in [-0.4, -0.2) is 0 Å². The molecule has 1 atom stereocenters. The summed E-state index contributed by atoms with van der Waals surface area (Å²) in [6, 6.07) is -3.10. The molecule has 0 heterocycles. The first-order valence-electron chi connectivity index (χ1n) is 7.12. The summed E-state index contributed by atoms with van der Waals surface area (Å²) in [4.78, 5) is 0. The highest BCUT2D eigenvalue weighted by atomic mass is 19.4. The summed E-state index contributed by atoms with van der Waals surface area (Å²) in [5.74, 6) is -0.995. The Labute approximate surface area is 143 Å². The molecule has 0 saturated heterocycles. The van der Waals surface area contributed by atoms with Crippen LogP contribution in [0.3, 0.4) is 0 Å². The van der Waals surface area contributed by atoms with Crippen LogP contribution in [0.5, 0.6) is 0 Å². The standard InChI is InChI=1S/C14H9F12N/c15-11(16,17)5-3-6(12(18,19)20)8(13(21,22)23)9(14(24,25)26)7(5)10(27)4-1-2-4/h3-4,10H,1-2,27H2. The third-order valence-electron chi connectivity index (χ3n) is 4.01. The third kappa shape index (κ3) is 4.27. The highest BCUT2D eigenvalue weighted by Crippen LogP contribution is 2.54. The Balaban J connectivity index is 3.09. The van der Waals surface area contributed by atoms with Gasteiger partial charge >= 0.3 is 24.7 Å². The van der Waals surface area contributed by atoms with Crippen molar-refractivity contribution in [2.75, 3.05) is 0 Å². The maximum atomic E-state index is 13.3. The molecule has 27 heavy (non-hydrogen) atoms. The highest BCUT2D eigenvalue weighted by Gasteiger charge is 2.55. The molecule has 0 aliphatic heterocycles. The number of hydrogen-bond donors (Lipinski definition) is 1. The van der Waals surface area contributed by atoms with Gasteiger partial charge in [0.05, 0.1) is 22.3 Å². The van der Waals surface area contributed by atoms with E-state index in [2.05, 4.69) is 0 Å². The average Bonchev–Trinajstić information content (AvgIpc) is 3.24. The van der Waals surface area contributed by atoms with Gasteiger partial charge in [-0.1, -0.05) is 0 Å². The first-order chi connectivity index (χ1) is 11.9. The second kappa shape index (κ2) is 6.17. The van der Waals surface area contributed by atoms with Crippen LogP contribution >= 0.6 is 0 Å². The molecular formula is C14H9F12N. The maximum absolute atomic E-state index is 13.3. The lowest BCUT2D eigenvalue weighted by atomic mass is 9.85. The van der Waals surface area contributed by atoms with E-state index in [1.165, 1.54) is 0 Å². The molecule has 1 aliphatic rings. The van der Waals surface area contributed by atoms with E-state index in [1.54, 1.807) is 0 Å². The molecule has 0 spiro atoms. The van der Waals surface area contributed by atoms with Gasteiger partial charge in [-0.15, -0.1) is 0 Å². The number of rotatable bonds is 2. The lowest BCUT2D eigenvalue weighted by Gasteiger charge is -2.29. The van der Waals surface area contributed by atoms with Crippen LogP contribution in [-0.2, 0) is 24.7 Å². The van der Waals surface area contributed by atoms with E-state index in [-0.39, 0.29) is 12.8 Å². The van der Waals surface area contributed by atoms with Gasteiger partial charge in [-0.3, -0.25) is 0 Å². The molecule has 2 N–H and O–H groups in total. The number of alkyl halides is 12. The van der Waals surface area contributed by atoms with Gasteiger partial charge in [-0.05, 0) is 30.4 Å². The van der Waals surface area contributed by atoms with E-state index >= 15 is 0 Å². The Kier molecular flexibility index (Phi) is 4.95. The Hall–Kier alpha value is -1.66. The van der Waals surface area contributed by atoms with Crippen molar-refractivity contribution in [1.29, 1.82) is 0 Å². The molecule has 1 fully saturated rings. The second-order valence-electron chi connectivity index (χ2n) is 5.99. The fraction of sp³-hybridized carbons (Fsp3) is 0.571. The molecule has 1 unspecified atom stereocenters. The fourth-order valence-electron chi connectivity index (χ4n) is 2.78. The van der Waals surface area contributed by atoms with Crippen molar-refractivity contribution < 1.29 is 52.7 Å². The Morgan fingerprint density at radius 3 is 1.37 bits per heavy atom. The molecule has 0 amide bonds. The molecule has 0 radical (unpaired) electrons. The van der Waals surface area contributed by atoms with E-state index in [9.17, 15) is 52.7 Å². The third-order valence-corrected chi connectivity index (χ3v) is 4.01. The second-order valence-corrected chi connectivity index (χ2v) is 5.99. The number of halogens is 12. The van der Waals surface area contributed by atoms with E-state index in [4.69, 9.17) is 5.73 Å². The van der Waals surface area contributed by atoms with Crippen LogP contribution in [0.2, 0.25) is 0 Å². The van der Waals surface area contributed by atoms with Crippen LogP contribution in [0.4, 0.5) is 52.7 Å². The summed E-state index contributed by atoms with van der Waals surface area (Å²) >= 11 is 0. The van der Waals surface area contributed by atoms with Crippen LogP contribution in [0.25, 0.3) is 0 Å². The van der Waals surface area contributed by atoms with Crippen molar-refractivity contribution in [2.24, 2.45) is 11.7 Å². The predicted octanol–water partition coefficient (Wildman–Crippen LogP) is 6.17. The summed E-state index contributed by atoms with van der Waals surface area (Å²) in [5.41, 5.74) is -8.51. The fourth-order valence-corrected chi connectivity index (χ4v) is 2.78. The number of benzene rings is 1. The summed E-state index contributed by atoms with van der Waals surface area (Å²) in [6.07, 6.45) is -24.2. The highest BCUT2D eigenvalue weighted by molar-refractivity contribution is 5.53. The zero-order valence-electron chi connectivity index (χ0n) is 12.8. The van der Waals surface area contributed by atoms with Crippen molar-refractivity contribution in [1.82, 2.24) is 0 Å². The molecule has 1 aliphatic carbocycles. The summed E-state index contributed by atoms with van der Waals surface area (Å²) in [5, 5.41) is 0. The predicted molar refractivity (Wildman–Crippen MR) is 66.1 cm³/mol. The molecule has 1 saturated carbocycles. The molecular weight excluding hydrogens is 410 g/mol. The van der Waals surface area contributed by atoms with E-state index in [1.807, 2.05) is 0 Å². The normalized spacial score (nSPS) is 18.0. The minimum Gasteiger partial charge on any atom is -0.324 e. The maximum Gasteiger partial charge on any atom is 0.417 e. The molecule has 154 valence electrons. The Bertz CT molecular complexity index is 718. The lowest BCUT2D eigenvalue weighted by Crippen LogP contribution is -2.31. The largest absolute Gasteiger partial charge is 0.417 e. The average molecular weight is 419 g/mol. The van der Waals surface area contributed by atoms with Gasteiger partial charge in [0.1, 0.15) is 0 Å². The first kappa shape index (κ1) is 21.6. The van der Waals surface area contributed by atoms with Crippen LogP contribution < -0.4 is 5.73 Å². The Morgan fingerprint density at radius 1 is 0.667 bits per heavy atom. The molecule has 1 nitrogen and oxygen atoms in total.